The van der Waals surface area contributed by atoms with E-state index >= 15 is 0 Å². The van der Waals surface area contributed by atoms with Crippen LogP contribution in [0.5, 0.6) is 0 Å². The summed E-state index contributed by atoms with van der Waals surface area (Å²) in [6.45, 7) is 2.02. The number of carbonyl (C=O) groups excluding carboxylic acids is 1. The van der Waals surface area contributed by atoms with Crippen LogP contribution in [0.2, 0.25) is 0 Å². The third-order valence-electron chi connectivity index (χ3n) is 2.47. The van der Waals surface area contributed by atoms with Crippen molar-refractivity contribution in [2.24, 2.45) is 0 Å². The molecule has 0 fully saturated rings. The van der Waals surface area contributed by atoms with E-state index in [9.17, 15) is 4.79 Å². The predicted molar refractivity (Wildman–Crippen MR) is 72.4 cm³/mol. The highest BCUT2D eigenvalue weighted by molar-refractivity contribution is 9.10. The minimum atomic E-state index is -0.496. The van der Waals surface area contributed by atoms with Gasteiger partial charge in [-0.1, -0.05) is 35.5 Å². The van der Waals surface area contributed by atoms with E-state index in [0.717, 1.165) is 5.56 Å². The summed E-state index contributed by atoms with van der Waals surface area (Å²) in [5, 5.41) is 6.35. The number of hydrogen-bond donors (Lipinski definition) is 1. The van der Waals surface area contributed by atoms with Gasteiger partial charge in [-0.25, -0.2) is 4.79 Å². The van der Waals surface area contributed by atoms with E-state index in [1.807, 2.05) is 30.3 Å². The Labute approximate surface area is 119 Å². The maximum absolute atomic E-state index is 11.6. The van der Waals surface area contributed by atoms with Crippen molar-refractivity contribution in [1.82, 2.24) is 10.5 Å². The Morgan fingerprint density at radius 1 is 1.47 bits per heavy atom. The van der Waals surface area contributed by atoms with Crippen molar-refractivity contribution in [2.45, 2.75) is 19.6 Å². The Kier molecular flexibility index (Phi) is 4.57. The number of nitrogens with one attached hydrogen (secondary N) is 1. The van der Waals surface area contributed by atoms with Crippen molar-refractivity contribution in [1.29, 1.82) is 0 Å². The molecule has 2 rings (SSSR count). The predicted octanol–water partition coefficient (Wildman–Crippen LogP) is 3.42. The number of rotatable bonds is 4. The fourth-order valence-corrected chi connectivity index (χ4v) is 1.78. The monoisotopic (exact) mass is 324 g/mol. The fourth-order valence-electron chi connectivity index (χ4n) is 1.48. The second kappa shape index (κ2) is 6.38. The third kappa shape index (κ3) is 4.10. The van der Waals surface area contributed by atoms with Crippen LogP contribution in [-0.4, -0.2) is 11.2 Å². The van der Waals surface area contributed by atoms with Gasteiger partial charge in [0.2, 0.25) is 0 Å². The number of nitrogens with zero attached hydrogens (tertiary/aromatic N) is 1. The third-order valence-corrected chi connectivity index (χ3v) is 2.85. The fraction of sp³-hybridized carbons (Fsp3) is 0.231. The molecule has 1 aromatic heterocycles. The molecule has 0 aliphatic heterocycles. The maximum atomic E-state index is 11.6. The van der Waals surface area contributed by atoms with Crippen molar-refractivity contribution in [3.8, 4) is 0 Å². The summed E-state index contributed by atoms with van der Waals surface area (Å²) in [4.78, 5) is 11.6. The van der Waals surface area contributed by atoms with E-state index in [0.29, 0.717) is 10.4 Å². The van der Waals surface area contributed by atoms with Crippen LogP contribution in [0.1, 0.15) is 24.3 Å². The van der Waals surface area contributed by atoms with E-state index in [1.165, 1.54) is 0 Å². The van der Waals surface area contributed by atoms with Crippen LogP contribution in [0.25, 0.3) is 0 Å². The first-order chi connectivity index (χ1) is 9.15. The van der Waals surface area contributed by atoms with Gasteiger partial charge in [0.25, 0.3) is 0 Å². The number of aromatic nitrogens is 1. The van der Waals surface area contributed by atoms with Crippen LogP contribution in [0.15, 0.2) is 45.5 Å². The summed E-state index contributed by atoms with van der Waals surface area (Å²) in [5.74, 6) is 0.559. The molecular formula is C13H13BrN2O3. The van der Waals surface area contributed by atoms with E-state index in [-0.39, 0.29) is 12.6 Å². The van der Waals surface area contributed by atoms with Crippen LogP contribution in [0.4, 0.5) is 4.79 Å². The number of carbonyl (C=O) groups is 1. The Morgan fingerprint density at radius 2 is 2.21 bits per heavy atom. The van der Waals surface area contributed by atoms with Crippen molar-refractivity contribution < 1.29 is 14.1 Å². The average Bonchev–Trinajstić information content (AvgIpc) is 2.84. The van der Waals surface area contributed by atoms with Gasteiger partial charge in [-0.05, 0) is 28.4 Å². The van der Waals surface area contributed by atoms with Gasteiger partial charge in [0, 0.05) is 6.07 Å². The van der Waals surface area contributed by atoms with Crippen molar-refractivity contribution in [3.05, 3.63) is 52.3 Å². The lowest BCUT2D eigenvalue weighted by atomic mass is 10.2. The first-order valence-corrected chi connectivity index (χ1v) is 6.54. The van der Waals surface area contributed by atoms with Crippen LogP contribution in [-0.2, 0) is 11.3 Å². The molecule has 100 valence electrons. The topological polar surface area (TPSA) is 64.4 Å². The van der Waals surface area contributed by atoms with Crippen LogP contribution in [0, 0.1) is 0 Å². The van der Waals surface area contributed by atoms with Gasteiger partial charge in [-0.3, -0.25) is 0 Å². The van der Waals surface area contributed by atoms with Gasteiger partial charge in [0.15, 0.2) is 5.76 Å². The molecule has 19 heavy (non-hydrogen) atoms. The highest BCUT2D eigenvalue weighted by atomic mass is 79.9. The Balaban J connectivity index is 1.81. The quantitative estimate of drug-likeness (QED) is 0.935. The van der Waals surface area contributed by atoms with Gasteiger partial charge >= 0.3 is 6.09 Å². The molecule has 6 heteroatoms. The number of ether oxygens (including phenoxy) is 1. The molecule has 0 spiro atoms. The van der Waals surface area contributed by atoms with E-state index in [2.05, 4.69) is 26.4 Å². The number of hydrogen-bond acceptors (Lipinski definition) is 4. The molecule has 0 bridgehead atoms. The molecule has 0 saturated heterocycles. The van der Waals surface area contributed by atoms with Gasteiger partial charge in [-0.2, -0.15) is 0 Å². The smallest absolute Gasteiger partial charge is 0.408 e. The van der Waals surface area contributed by atoms with Crippen LogP contribution in [0.3, 0.4) is 0 Å². The molecule has 0 aliphatic rings. The second-order valence-electron chi connectivity index (χ2n) is 3.98. The molecule has 0 radical (unpaired) electrons. The zero-order valence-electron chi connectivity index (χ0n) is 10.3. The largest absolute Gasteiger partial charge is 0.445 e. The van der Waals surface area contributed by atoms with E-state index < -0.39 is 6.09 Å². The maximum Gasteiger partial charge on any atom is 0.408 e. The number of amides is 1. The summed E-state index contributed by atoms with van der Waals surface area (Å²) in [6, 6.07) is 10.9. The zero-order valence-corrected chi connectivity index (χ0v) is 11.9. The molecule has 1 unspecified atom stereocenters. The number of halogens is 1. The molecule has 0 saturated carbocycles. The van der Waals surface area contributed by atoms with Crippen LogP contribution < -0.4 is 5.32 Å². The van der Waals surface area contributed by atoms with E-state index in [4.69, 9.17) is 9.26 Å². The lowest BCUT2D eigenvalue weighted by Gasteiger charge is -2.11. The molecule has 1 heterocycles. The highest BCUT2D eigenvalue weighted by Gasteiger charge is 2.14. The SMILES string of the molecule is CC(NC(=O)OCc1ccccc1)c1cc(Br)no1. The number of benzene rings is 1. The molecule has 2 aromatic rings. The Bertz CT molecular complexity index is 542. The first-order valence-electron chi connectivity index (χ1n) is 5.74. The lowest BCUT2D eigenvalue weighted by molar-refractivity contribution is 0.134. The molecule has 5 nitrogen and oxygen atoms in total. The Hall–Kier alpha value is -1.82. The van der Waals surface area contributed by atoms with Crippen molar-refractivity contribution >= 4 is 22.0 Å². The van der Waals surface area contributed by atoms with Crippen molar-refractivity contribution in [2.75, 3.05) is 0 Å². The second-order valence-corrected chi connectivity index (χ2v) is 4.79. The zero-order chi connectivity index (χ0) is 13.7. The van der Waals surface area contributed by atoms with Gasteiger partial charge < -0.3 is 14.6 Å². The summed E-state index contributed by atoms with van der Waals surface area (Å²) >= 11 is 3.18. The minimum absolute atomic E-state index is 0.236. The van der Waals surface area contributed by atoms with Gasteiger partial charge in [-0.15, -0.1) is 0 Å². The lowest BCUT2D eigenvalue weighted by Crippen LogP contribution is -2.27. The average molecular weight is 325 g/mol. The molecular weight excluding hydrogens is 312 g/mol. The Morgan fingerprint density at radius 3 is 2.84 bits per heavy atom. The van der Waals surface area contributed by atoms with Gasteiger partial charge in [0.1, 0.15) is 11.2 Å². The number of alkyl carbamates (subject to hydrolysis) is 1. The highest BCUT2D eigenvalue weighted by Crippen LogP contribution is 2.17. The van der Waals surface area contributed by atoms with E-state index in [1.54, 1.807) is 13.0 Å². The molecule has 1 N–H and O–H groups in total. The molecule has 0 aliphatic carbocycles. The van der Waals surface area contributed by atoms with Gasteiger partial charge in [0.05, 0.1) is 6.04 Å². The summed E-state index contributed by atoms with van der Waals surface area (Å²) in [7, 11) is 0. The first kappa shape index (κ1) is 13.6. The minimum Gasteiger partial charge on any atom is -0.445 e. The van der Waals surface area contributed by atoms with Crippen molar-refractivity contribution in [3.63, 3.8) is 0 Å². The van der Waals surface area contributed by atoms with Crippen LogP contribution >= 0.6 is 15.9 Å². The molecule has 1 amide bonds. The standard InChI is InChI=1S/C13H13BrN2O3/c1-9(11-7-12(14)16-19-11)15-13(17)18-8-10-5-3-2-4-6-10/h2-7,9H,8H2,1H3,(H,15,17). The molecule has 1 atom stereocenters. The summed E-state index contributed by atoms with van der Waals surface area (Å²) < 4.78 is 10.7. The molecule has 1 aromatic carbocycles. The summed E-state index contributed by atoms with van der Waals surface area (Å²) in [6.07, 6.45) is -0.496. The summed E-state index contributed by atoms with van der Waals surface area (Å²) in [5.41, 5.74) is 0.938. The normalized spacial score (nSPS) is 11.9.